The Morgan fingerprint density at radius 2 is 1.77 bits per heavy atom. The zero-order valence-electron chi connectivity index (χ0n) is 15.1. The number of morpholine rings is 1. The molecule has 0 spiro atoms. The minimum Gasteiger partial charge on any atom is -0.372 e. The molecule has 140 valence electrons. The third-order valence-electron chi connectivity index (χ3n) is 4.53. The topological polar surface area (TPSA) is 49.9 Å². The van der Waals surface area contributed by atoms with Crippen LogP contribution in [0.25, 0.3) is 5.57 Å². The van der Waals surface area contributed by atoms with E-state index in [2.05, 4.69) is 0 Å². The molecule has 1 aromatic carbocycles. The fourth-order valence-electron chi connectivity index (χ4n) is 3.58. The molecule has 1 saturated heterocycles. The van der Waals surface area contributed by atoms with E-state index >= 15 is 0 Å². The molecule has 3 rings (SSSR count). The predicted octanol–water partition coefficient (Wildman–Crippen LogP) is 3.59. The third-order valence-corrected chi connectivity index (χ3v) is 5.07. The molecule has 1 aromatic rings. The summed E-state index contributed by atoms with van der Waals surface area (Å²) in [5, 5.41) is 0.843. The Kier molecular flexibility index (Phi) is 5.61. The zero-order chi connectivity index (χ0) is 19.0. The number of imide groups is 1. The third kappa shape index (κ3) is 3.48. The van der Waals surface area contributed by atoms with E-state index in [1.165, 1.54) is 4.90 Å². The van der Waals surface area contributed by atoms with Crippen LogP contribution in [-0.4, -0.2) is 53.5 Å². The van der Waals surface area contributed by atoms with Crippen LogP contribution in [0.2, 0.25) is 10.0 Å². The van der Waals surface area contributed by atoms with Crippen LogP contribution in [0.1, 0.15) is 32.8 Å². The van der Waals surface area contributed by atoms with E-state index in [1.54, 1.807) is 18.2 Å². The standard InChI is InChI=1S/C19H22Cl2N2O3/c1-4-7-23-18(24)16(14-6-5-13(20)8-15(14)21)17(19(23)25)22-9-11(2)26-12(3)10-22/h5-6,8,11-12H,4,7,9-10H2,1-3H3. The molecule has 0 bridgehead atoms. The van der Waals surface area contributed by atoms with Gasteiger partial charge in [-0.05, 0) is 32.4 Å². The van der Waals surface area contributed by atoms with Gasteiger partial charge in [-0.15, -0.1) is 0 Å². The summed E-state index contributed by atoms with van der Waals surface area (Å²) in [5.41, 5.74) is 1.30. The van der Waals surface area contributed by atoms with Crippen molar-refractivity contribution in [2.24, 2.45) is 0 Å². The number of rotatable bonds is 4. The molecule has 2 aliphatic rings. The molecule has 0 N–H and O–H groups in total. The van der Waals surface area contributed by atoms with Crippen molar-refractivity contribution < 1.29 is 14.3 Å². The van der Waals surface area contributed by atoms with Crippen molar-refractivity contribution in [1.82, 2.24) is 9.80 Å². The number of benzene rings is 1. The van der Waals surface area contributed by atoms with Gasteiger partial charge in [-0.25, -0.2) is 0 Å². The van der Waals surface area contributed by atoms with Crippen molar-refractivity contribution in [3.05, 3.63) is 39.5 Å². The highest BCUT2D eigenvalue weighted by atomic mass is 35.5. The number of hydrogen-bond donors (Lipinski definition) is 0. The van der Waals surface area contributed by atoms with Gasteiger partial charge in [0.25, 0.3) is 11.8 Å². The van der Waals surface area contributed by atoms with Crippen LogP contribution in [0.5, 0.6) is 0 Å². The largest absolute Gasteiger partial charge is 0.372 e. The second-order valence-electron chi connectivity index (χ2n) is 6.77. The van der Waals surface area contributed by atoms with Gasteiger partial charge in [0, 0.05) is 30.2 Å². The molecule has 1 fully saturated rings. The highest BCUT2D eigenvalue weighted by Crippen LogP contribution is 2.37. The molecule has 2 heterocycles. The molecule has 7 heteroatoms. The average Bonchev–Trinajstić information content (AvgIpc) is 2.79. The fourth-order valence-corrected chi connectivity index (χ4v) is 4.08. The maximum absolute atomic E-state index is 13.1. The molecular weight excluding hydrogens is 375 g/mol. The van der Waals surface area contributed by atoms with E-state index in [4.69, 9.17) is 27.9 Å². The number of nitrogens with zero attached hydrogens (tertiary/aromatic N) is 2. The quantitative estimate of drug-likeness (QED) is 0.729. The van der Waals surface area contributed by atoms with Crippen LogP contribution < -0.4 is 0 Å². The normalized spacial score (nSPS) is 24.0. The lowest BCUT2D eigenvalue weighted by Gasteiger charge is -2.37. The van der Waals surface area contributed by atoms with Crippen LogP contribution in [0, 0.1) is 0 Å². The first kappa shape index (κ1) is 19.2. The highest BCUT2D eigenvalue weighted by Gasteiger charge is 2.43. The molecule has 0 aromatic heterocycles. The first-order chi connectivity index (χ1) is 12.3. The Morgan fingerprint density at radius 3 is 2.35 bits per heavy atom. The van der Waals surface area contributed by atoms with E-state index in [0.29, 0.717) is 52.9 Å². The number of halogens is 2. The summed E-state index contributed by atoms with van der Waals surface area (Å²) in [5.74, 6) is -0.568. The van der Waals surface area contributed by atoms with Gasteiger partial charge in [0.05, 0.1) is 22.8 Å². The van der Waals surface area contributed by atoms with Crippen molar-refractivity contribution in [2.45, 2.75) is 39.4 Å². The molecule has 0 radical (unpaired) electrons. The van der Waals surface area contributed by atoms with Gasteiger partial charge in [-0.3, -0.25) is 14.5 Å². The van der Waals surface area contributed by atoms with Gasteiger partial charge in [-0.2, -0.15) is 0 Å². The Morgan fingerprint density at radius 1 is 1.12 bits per heavy atom. The Labute approximate surface area is 163 Å². The maximum atomic E-state index is 13.1. The first-order valence-electron chi connectivity index (χ1n) is 8.79. The second kappa shape index (κ2) is 7.59. The Bertz CT molecular complexity index is 768. The maximum Gasteiger partial charge on any atom is 0.277 e. The number of carbonyl (C=O) groups excluding carboxylic acids is 2. The van der Waals surface area contributed by atoms with Crippen molar-refractivity contribution in [2.75, 3.05) is 19.6 Å². The van der Waals surface area contributed by atoms with E-state index in [9.17, 15) is 9.59 Å². The molecule has 2 unspecified atom stereocenters. The van der Waals surface area contributed by atoms with E-state index in [-0.39, 0.29) is 24.0 Å². The number of carbonyl (C=O) groups is 2. The summed E-state index contributed by atoms with van der Waals surface area (Å²) in [6.07, 6.45) is 0.634. The van der Waals surface area contributed by atoms with Gasteiger partial charge in [0.1, 0.15) is 5.70 Å². The van der Waals surface area contributed by atoms with Crippen molar-refractivity contribution in [3.63, 3.8) is 0 Å². The van der Waals surface area contributed by atoms with Gasteiger partial charge in [-0.1, -0.05) is 36.2 Å². The van der Waals surface area contributed by atoms with E-state index < -0.39 is 0 Å². The van der Waals surface area contributed by atoms with Crippen LogP contribution >= 0.6 is 23.2 Å². The summed E-state index contributed by atoms with van der Waals surface area (Å²) in [6.45, 7) is 7.34. The Balaban J connectivity index is 2.13. The van der Waals surface area contributed by atoms with Crippen molar-refractivity contribution in [3.8, 4) is 0 Å². The smallest absolute Gasteiger partial charge is 0.277 e. The second-order valence-corrected chi connectivity index (χ2v) is 7.62. The molecule has 2 aliphatic heterocycles. The molecule has 2 atom stereocenters. The van der Waals surface area contributed by atoms with E-state index in [0.717, 1.165) is 0 Å². The van der Waals surface area contributed by atoms with Crippen LogP contribution in [0.15, 0.2) is 23.9 Å². The number of ether oxygens (including phenoxy) is 1. The lowest BCUT2D eigenvalue weighted by Crippen LogP contribution is -2.47. The lowest BCUT2D eigenvalue weighted by molar-refractivity contribution is -0.138. The summed E-state index contributed by atoms with van der Waals surface area (Å²) < 4.78 is 5.78. The predicted molar refractivity (Wildman–Crippen MR) is 102 cm³/mol. The van der Waals surface area contributed by atoms with Gasteiger partial charge in [0.2, 0.25) is 0 Å². The van der Waals surface area contributed by atoms with Gasteiger partial charge >= 0.3 is 0 Å². The van der Waals surface area contributed by atoms with Crippen LogP contribution in [0.4, 0.5) is 0 Å². The summed E-state index contributed by atoms with van der Waals surface area (Å²) in [7, 11) is 0. The molecular formula is C19H22Cl2N2O3. The van der Waals surface area contributed by atoms with Crippen molar-refractivity contribution in [1.29, 1.82) is 0 Å². The van der Waals surface area contributed by atoms with Gasteiger partial charge in [0.15, 0.2) is 0 Å². The van der Waals surface area contributed by atoms with Crippen molar-refractivity contribution >= 4 is 40.6 Å². The minimum atomic E-state index is -0.303. The Hall–Kier alpha value is -1.56. The molecule has 5 nitrogen and oxygen atoms in total. The summed E-state index contributed by atoms with van der Waals surface area (Å²) >= 11 is 12.4. The lowest BCUT2D eigenvalue weighted by atomic mass is 10.0. The summed E-state index contributed by atoms with van der Waals surface area (Å²) in [4.78, 5) is 29.4. The number of hydrogen-bond acceptors (Lipinski definition) is 4. The molecule has 26 heavy (non-hydrogen) atoms. The molecule has 0 aliphatic carbocycles. The zero-order valence-corrected chi connectivity index (χ0v) is 16.6. The van der Waals surface area contributed by atoms with Crippen LogP contribution in [0.3, 0.4) is 0 Å². The SMILES string of the molecule is CCCN1C(=O)C(c2ccc(Cl)cc2Cl)=C(N2CC(C)OC(C)C2)C1=O. The monoisotopic (exact) mass is 396 g/mol. The molecule has 2 amide bonds. The average molecular weight is 397 g/mol. The van der Waals surface area contributed by atoms with E-state index in [1.807, 2.05) is 25.7 Å². The fraction of sp³-hybridized carbons (Fsp3) is 0.474. The van der Waals surface area contributed by atoms with Crippen LogP contribution in [-0.2, 0) is 14.3 Å². The number of amides is 2. The van der Waals surface area contributed by atoms with Gasteiger partial charge < -0.3 is 9.64 Å². The summed E-state index contributed by atoms with van der Waals surface area (Å²) in [6, 6.07) is 4.97. The molecule has 0 saturated carbocycles. The highest BCUT2D eigenvalue weighted by molar-refractivity contribution is 6.41. The minimum absolute atomic E-state index is 0.0312. The first-order valence-corrected chi connectivity index (χ1v) is 9.55.